The quantitative estimate of drug-likeness (QED) is 0.642. The van der Waals surface area contributed by atoms with Crippen LogP contribution in [0.5, 0.6) is 0 Å². The number of rotatable bonds is 3. The van der Waals surface area contributed by atoms with Crippen molar-refractivity contribution in [3.8, 4) is 0 Å². The molecule has 22 heavy (non-hydrogen) atoms. The number of aromatic nitrogens is 1. The van der Waals surface area contributed by atoms with Crippen LogP contribution in [-0.2, 0) is 4.74 Å². The summed E-state index contributed by atoms with van der Waals surface area (Å²) in [4.78, 5) is 13.3. The fraction of sp³-hybridized carbons (Fsp3) is 0.615. The number of fused-ring (bicyclic) bond motifs is 1. The first-order valence-electron chi connectivity index (χ1n) is 6.92. The molecule has 1 aliphatic heterocycles. The van der Waals surface area contributed by atoms with Crippen molar-refractivity contribution < 1.29 is 22.7 Å². The molecule has 0 spiro atoms. The van der Waals surface area contributed by atoms with E-state index in [4.69, 9.17) is 4.74 Å². The van der Waals surface area contributed by atoms with Crippen molar-refractivity contribution >= 4 is 24.2 Å². The number of H-pyrrole nitrogens is 1. The Morgan fingerprint density at radius 3 is 2.59 bits per heavy atom. The van der Waals surface area contributed by atoms with Crippen LogP contribution in [0.25, 0.3) is 0 Å². The minimum Gasteiger partial charge on any atom is -0.357 e. The van der Waals surface area contributed by atoms with Crippen molar-refractivity contribution in [3.05, 3.63) is 18.0 Å². The second kappa shape index (κ2) is 4.82. The van der Waals surface area contributed by atoms with E-state index in [1.165, 1.54) is 6.92 Å². The van der Waals surface area contributed by atoms with Crippen molar-refractivity contribution in [2.24, 2.45) is 0 Å². The molecule has 1 aliphatic carbocycles. The Balaban J connectivity index is 1.81. The third-order valence-corrected chi connectivity index (χ3v) is 4.86. The summed E-state index contributed by atoms with van der Waals surface area (Å²) in [6.07, 6.45) is -3.56. The van der Waals surface area contributed by atoms with Crippen LogP contribution in [0.15, 0.2) is 12.3 Å². The van der Waals surface area contributed by atoms with Crippen molar-refractivity contribution in [2.75, 3.05) is 5.32 Å². The summed E-state index contributed by atoms with van der Waals surface area (Å²) in [6.45, 7) is 1.46. The lowest BCUT2D eigenvalue weighted by atomic mass is 9.79. The van der Waals surface area contributed by atoms with Gasteiger partial charge in [0.2, 0.25) is 0 Å². The number of thiol groups is 1. The molecule has 3 rings (SSSR count). The van der Waals surface area contributed by atoms with Crippen LogP contribution in [0.3, 0.4) is 0 Å². The van der Waals surface area contributed by atoms with Gasteiger partial charge in [0.25, 0.3) is 5.91 Å². The van der Waals surface area contributed by atoms with E-state index in [0.717, 1.165) is 0 Å². The molecule has 3 N–H and O–H groups in total. The SMILES string of the molecule is CC(OC1(C(F)(F)F)CCC1)C1(S)NC(=O)c2[nH]ccc2N1. The predicted octanol–water partition coefficient (Wildman–Crippen LogP) is 2.64. The predicted molar refractivity (Wildman–Crippen MR) is 76.8 cm³/mol. The molecule has 1 aromatic rings. The number of ether oxygens (including phenoxy) is 1. The average Bonchev–Trinajstić information content (AvgIpc) is 2.79. The molecule has 1 saturated carbocycles. The molecule has 1 amide bonds. The van der Waals surface area contributed by atoms with Crippen LogP contribution in [0.4, 0.5) is 18.9 Å². The number of nitrogens with one attached hydrogen (secondary N) is 3. The van der Waals surface area contributed by atoms with Gasteiger partial charge >= 0.3 is 6.18 Å². The highest BCUT2D eigenvalue weighted by atomic mass is 32.1. The lowest BCUT2D eigenvalue weighted by molar-refractivity contribution is -0.317. The lowest BCUT2D eigenvalue weighted by Gasteiger charge is -2.48. The van der Waals surface area contributed by atoms with E-state index in [9.17, 15) is 18.0 Å². The zero-order valence-corrected chi connectivity index (χ0v) is 12.6. The minimum atomic E-state index is -4.44. The van der Waals surface area contributed by atoms with Crippen molar-refractivity contribution in [1.29, 1.82) is 0 Å². The van der Waals surface area contributed by atoms with Gasteiger partial charge in [0.15, 0.2) is 10.6 Å². The third-order valence-electron chi connectivity index (χ3n) is 4.27. The fourth-order valence-electron chi connectivity index (χ4n) is 2.73. The van der Waals surface area contributed by atoms with Gasteiger partial charge in [-0.3, -0.25) is 4.79 Å². The van der Waals surface area contributed by atoms with E-state index in [0.29, 0.717) is 17.8 Å². The van der Waals surface area contributed by atoms with Crippen molar-refractivity contribution in [3.63, 3.8) is 0 Å². The summed E-state index contributed by atoms with van der Waals surface area (Å²) in [5, 5.41) is 5.46. The number of aromatic amines is 1. The number of hydrogen-bond acceptors (Lipinski definition) is 4. The maximum atomic E-state index is 13.2. The van der Waals surface area contributed by atoms with Gasteiger partial charge in [-0.1, -0.05) is 0 Å². The van der Waals surface area contributed by atoms with Crippen molar-refractivity contribution in [1.82, 2.24) is 10.3 Å². The smallest absolute Gasteiger partial charge is 0.357 e. The molecule has 2 heterocycles. The van der Waals surface area contributed by atoms with Gasteiger partial charge in [-0.2, -0.15) is 13.2 Å². The Morgan fingerprint density at radius 1 is 1.36 bits per heavy atom. The van der Waals surface area contributed by atoms with Gasteiger partial charge in [-0.25, -0.2) is 0 Å². The molecule has 1 aromatic heterocycles. The highest BCUT2D eigenvalue weighted by Gasteiger charge is 2.61. The van der Waals surface area contributed by atoms with Crippen LogP contribution in [0.1, 0.15) is 36.7 Å². The summed E-state index contributed by atoms with van der Waals surface area (Å²) in [5.41, 5.74) is -1.36. The molecule has 0 bridgehead atoms. The van der Waals surface area contributed by atoms with Crippen LogP contribution in [0.2, 0.25) is 0 Å². The molecule has 2 atom stereocenters. The van der Waals surface area contributed by atoms with Crippen LogP contribution < -0.4 is 10.6 Å². The number of alkyl halides is 3. The Morgan fingerprint density at radius 2 is 2.05 bits per heavy atom. The normalized spacial score (nSPS) is 28.1. The molecule has 9 heteroatoms. The number of hydrogen-bond donors (Lipinski definition) is 4. The largest absolute Gasteiger partial charge is 0.417 e. The first kappa shape index (κ1) is 15.5. The first-order chi connectivity index (χ1) is 10.2. The number of halogens is 3. The summed E-state index contributed by atoms with van der Waals surface area (Å²) in [7, 11) is 0. The van der Waals surface area contributed by atoms with E-state index >= 15 is 0 Å². The molecule has 1 fully saturated rings. The first-order valence-corrected chi connectivity index (χ1v) is 7.37. The Bertz CT molecular complexity index is 600. The van der Waals surface area contributed by atoms with E-state index in [-0.39, 0.29) is 12.8 Å². The van der Waals surface area contributed by atoms with Gasteiger partial charge in [0.05, 0.1) is 5.69 Å². The summed E-state index contributed by atoms with van der Waals surface area (Å²) >= 11 is 4.33. The van der Waals surface area contributed by atoms with E-state index in [1.807, 2.05) is 0 Å². The fourth-order valence-corrected chi connectivity index (χ4v) is 3.00. The molecular formula is C13H16F3N3O2S. The molecule has 0 saturated heterocycles. The molecule has 5 nitrogen and oxygen atoms in total. The molecule has 122 valence electrons. The van der Waals surface area contributed by atoms with Gasteiger partial charge in [0, 0.05) is 6.20 Å². The Kier molecular flexibility index (Phi) is 3.41. The van der Waals surface area contributed by atoms with E-state index in [1.54, 1.807) is 12.3 Å². The third kappa shape index (κ3) is 2.26. The Hall–Kier alpha value is -1.35. The van der Waals surface area contributed by atoms with Crippen LogP contribution in [-0.4, -0.2) is 33.8 Å². The van der Waals surface area contributed by atoms with Crippen LogP contribution >= 0.6 is 12.6 Å². The number of anilines is 1. The van der Waals surface area contributed by atoms with Gasteiger partial charge in [-0.15, -0.1) is 12.6 Å². The minimum absolute atomic E-state index is 0.0753. The Labute approximate surface area is 130 Å². The van der Waals surface area contributed by atoms with Gasteiger partial charge < -0.3 is 20.4 Å². The van der Waals surface area contributed by atoms with Gasteiger partial charge in [0.1, 0.15) is 11.8 Å². The van der Waals surface area contributed by atoms with E-state index < -0.39 is 28.8 Å². The van der Waals surface area contributed by atoms with Crippen molar-refractivity contribution in [2.45, 2.75) is 49.1 Å². The highest BCUT2D eigenvalue weighted by Crippen LogP contribution is 2.49. The second-order valence-corrected chi connectivity index (χ2v) is 6.42. The summed E-state index contributed by atoms with van der Waals surface area (Å²) < 4.78 is 45.0. The van der Waals surface area contributed by atoms with Crippen LogP contribution in [0, 0.1) is 0 Å². The zero-order chi connectivity index (χ0) is 16.2. The number of carbonyl (C=O) groups is 1. The maximum Gasteiger partial charge on any atom is 0.417 e. The van der Waals surface area contributed by atoms with E-state index in [2.05, 4.69) is 28.2 Å². The standard InChI is InChI=1S/C13H16F3N3O2S/c1-7(21-11(4-2-5-11)13(14,15)16)12(22)18-8-3-6-17-9(8)10(20)19-12/h3,6-7,17-18,22H,2,4-5H2,1H3,(H,19,20). The average molecular weight is 335 g/mol. The van der Waals surface area contributed by atoms with Gasteiger partial charge in [-0.05, 0) is 32.3 Å². The molecule has 2 aliphatic rings. The number of carbonyl (C=O) groups excluding carboxylic acids is 1. The monoisotopic (exact) mass is 335 g/mol. The summed E-state index contributed by atoms with van der Waals surface area (Å²) in [5.74, 6) is -0.445. The number of amides is 1. The zero-order valence-electron chi connectivity index (χ0n) is 11.8. The lowest BCUT2D eigenvalue weighted by Crippen LogP contribution is -2.64. The summed E-state index contributed by atoms with van der Waals surface area (Å²) in [6, 6.07) is 1.62. The highest BCUT2D eigenvalue weighted by molar-refractivity contribution is 7.82. The maximum absolute atomic E-state index is 13.2. The molecule has 0 radical (unpaired) electrons. The molecule has 2 unspecified atom stereocenters. The topological polar surface area (TPSA) is 66.1 Å². The second-order valence-electron chi connectivity index (χ2n) is 5.72. The molecular weight excluding hydrogens is 319 g/mol. The molecule has 0 aromatic carbocycles.